The Hall–Kier alpha value is -2.95. The highest BCUT2D eigenvalue weighted by Gasteiger charge is 2.19. The summed E-state index contributed by atoms with van der Waals surface area (Å²) in [6, 6.07) is 11.9. The number of nitrogens with zero attached hydrogens (tertiary/aromatic N) is 2. The second kappa shape index (κ2) is 6.28. The molecule has 0 radical (unpaired) electrons. The first-order chi connectivity index (χ1) is 11.8. The molecule has 1 aliphatic rings. The number of pyridine rings is 1. The number of H-pyrrole nitrogens is 1. The average molecular weight is 318 g/mol. The third-order valence-corrected chi connectivity index (χ3v) is 4.38. The lowest BCUT2D eigenvalue weighted by Gasteiger charge is -2.06. The van der Waals surface area contributed by atoms with Crippen LogP contribution in [0.2, 0.25) is 0 Å². The topological polar surface area (TPSA) is 70.7 Å². The van der Waals surface area contributed by atoms with Gasteiger partial charge in [0.25, 0.3) is 0 Å². The van der Waals surface area contributed by atoms with Crippen LogP contribution in [-0.4, -0.2) is 21.1 Å². The van der Waals surface area contributed by atoms with Crippen molar-refractivity contribution >= 4 is 11.7 Å². The largest absolute Gasteiger partial charge is 0.309 e. The van der Waals surface area contributed by atoms with Gasteiger partial charge in [-0.25, -0.2) is 0 Å². The zero-order valence-corrected chi connectivity index (χ0v) is 13.2. The highest BCUT2D eigenvalue weighted by molar-refractivity contribution is 5.92. The van der Waals surface area contributed by atoms with Crippen molar-refractivity contribution < 1.29 is 4.79 Å². The van der Waals surface area contributed by atoms with Crippen LogP contribution in [0, 0.1) is 0 Å². The van der Waals surface area contributed by atoms with Gasteiger partial charge in [0, 0.05) is 23.7 Å². The summed E-state index contributed by atoms with van der Waals surface area (Å²) in [5.74, 6) is 0.657. The number of benzene rings is 1. The predicted octanol–water partition coefficient (Wildman–Crippen LogP) is 3.14. The van der Waals surface area contributed by atoms with Crippen molar-refractivity contribution in [3.63, 3.8) is 0 Å². The smallest absolute Gasteiger partial charge is 0.230 e. The van der Waals surface area contributed by atoms with Crippen LogP contribution in [0.25, 0.3) is 11.1 Å². The first-order valence-electron chi connectivity index (χ1n) is 8.15. The van der Waals surface area contributed by atoms with Crippen LogP contribution in [0.1, 0.15) is 23.2 Å². The van der Waals surface area contributed by atoms with Crippen molar-refractivity contribution in [1.29, 1.82) is 0 Å². The average Bonchev–Trinajstić information content (AvgIpc) is 3.22. The van der Waals surface area contributed by atoms with E-state index >= 15 is 0 Å². The molecule has 1 aromatic carbocycles. The molecule has 0 saturated heterocycles. The molecule has 0 fully saturated rings. The van der Waals surface area contributed by atoms with Crippen LogP contribution >= 0.6 is 0 Å². The van der Waals surface area contributed by atoms with Crippen LogP contribution in [-0.2, 0) is 24.1 Å². The molecule has 2 N–H and O–H groups in total. The van der Waals surface area contributed by atoms with Crippen LogP contribution in [0.3, 0.4) is 0 Å². The Morgan fingerprint density at radius 1 is 1.12 bits per heavy atom. The summed E-state index contributed by atoms with van der Waals surface area (Å²) in [5.41, 5.74) is 5.46. The van der Waals surface area contributed by atoms with Gasteiger partial charge in [0.05, 0.1) is 6.42 Å². The van der Waals surface area contributed by atoms with Crippen molar-refractivity contribution in [3.05, 3.63) is 65.6 Å². The second-order valence-corrected chi connectivity index (χ2v) is 6.05. The third kappa shape index (κ3) is 2.93. The maximum Gasteiger partial charge on any atom is 0.230 e. The first-order valence-corrected chi connectivity index (χ1v) is 8.15. The van der Waals surface area contributed by atoms with E-state index in [1.54, 1.807) is 6.20 Å². The first kappa shape index (κ1) is 14.6. The SMILES string of the molecule is O=C(Cc1ccc(-c2cccnc2)cc1)Nc1n[nH]c2c1CCC2. The summed E-state index contributed by atoms with van der Waals surface area (Å²) in [4.78, 5) is 16.4. The normalized spacial score (nSPS) is 12.8. The standard InChI is InChI=1S/C19H18N4O/c24-18(21-19-16-4-1-5-17(16)22-23-19)11-13-6-8-14(9-7-13)15-3-2-10-20-12-15/h2-3,6-10,12H,1,4-5,11H2,(H2,21,22,23,24). The van der Waals surface area contributed by atoms with E-state index < -0.39 is 0 Å². The van der Waals surface area contributed by atoms with Crippen LogP contribution < -0.4 is 5.32 Å². The third-order valence-electron chi connectivity index (χ3n) is 4.38. The molecule has 5 nitrogen and oxygen atoms in total. The number of aromatic amines is 1. The minimum atomic E-state index is -0.0367. The number of aromatic nitrogens is 3. The number of carbonyl (C=O) groups is 1. The van der Waals surface area contributed by atoms with Crippen molar-refractivity contribution in [2.45, 2.75) is 25.7 Å². The van der Waals surface area contributed by atoms with Crippen molar-refractivity contribution in [2.75, 3.05) is 5.32 Å². The maximum absolute atomic E-state index is 12.3. The highest BCUT2D eigenvalue weighted by Crippen LogP contribution is 2.26. The van der Waals surface area contributed by atoms with Gasteiger partial charge in [-0.2, -0.15) is 5.10 Å². The van der Waals surface area contributed by atoms with Gasteiger partial charge in [-0.1, -0.05) is 30.3 Å². The van der Waals surface area contributed by atoms with E-state index in [-0.39, 0.29) is 5.91 Å². The predicted molar refractivity (Wildman–Crippen MR) is 92.6 cm³/mol. The quantitative estimate of drug-likeness (QED) is 0.776. The van der Waals surface area contributed by atoms with Gasteiger partial charge < -0.3 is 5.32 Å². The lowest BCUT2D eigenvalue weighted by atomic mass is 10.0. The van der Waals surface area contributed by atoms with Crippen molar-refractivity contribution in [3.8, 4) is 11.1 Å². The van der Waals surface area contributed by atoms with Gasteiger partial charge in [-0.15, -0.1) is 0 Å². The molecule has 120 valence electrons. The van der Waals surface area contributed by atoms with Crippen molar-refractivity contribution in [2.24, 2.45) is 0 Å². The number of amides is 1. The van der Waals surface area contributed by atoms with E-state index in [0.717, 1.165) is 47.2 Å². The Bertz CT molecular complexity index is 853. The molecule has 3 aromatic rings. The molecule has 0 spiro atoms. The van der Waals surface area contributed by atoms with Gasteiger partial charge in [-0.3, -0.25) is 14.9 Å². The number of carbonyl (C=O) groups excluding carboxylic acids is 1. The molecular formula is C19H18N4O. The Labute approximate surface area is 140 Å². The molecule has 5 heteroatoms. The summed E-state index contributed by atoms with van der Waals surface area (Å²) in [6.45, 7) is 0. The Morgan fingerprint density at radius 2 is 2.00 bits per heavy atom. The number of hydrogen-bond acceptors (Lipinski definition) is 3. The molecule has 0 aliphatic heterocycles. The van der Waals surface area contributed by atoms with Crippen LogP contribution in [0.4, 0.5) is 5.82 Å². The maximum atomic E-state index is 12.3. The molecule has 1 amide bonds. The Balaban J connectivity index is 1.42. The minimum absolute atomic E-state index is 0.0367. The van der Waals surface area contributed by atoms with E-state index in [1.807, 2.05) is 42.6 Å². The van der Waals surface area contributed by atoms with Crippen LogP contribution in [0.5, 0.6) is 0 Å². The molecule has 24 heavy (non-hydrogen) atoms. The molecule has 0 saturated carbocycles. The molecule has 2 aromatic heterocycles. The van der Waals surface area contributed by atoms with E-state index in [0.29, 0.717) is 12.2 Å². The van der Waals surface area contributed by atoms with E-state index in [4.69, 9.17) is 0 Å². The van der Waals surface area contributed by atoms with Gasteiger partial charge in [0.1, 0.15) is 0 Å². The lowest BCUT2D eigenvalue weighted by Crippen LogP contribution is -2.15. The fourth-order valence-corrected chi connectivity index (χ4v) is 3.13. The highest BCUT2D eigenvalue weighted by atomic mass is 16.1. The second-order valence-electron chi connectivity index (χ2n) is 6.05. The number of fused-ring (bicyclic) bond motifs is 1. The van der Waals surface area contributed by atoms with E-state index in [9.17, 15) is 4.79 Å². The van der Waals surface area contributed by atoms with Gasteiger partial charge in [0.15, 0.2) is 5.82 Å². The van der Waals surface area contributed by atoms with Crippen LogP contribution in [0.15, 0.2) is 48.8 Å². The summed E-state index contributed by atoms with van der Waals surface area (Å²) < 4.78 is 0. The molecule has 1 aliphatic carbocycles. The molecule has 4 rings (SSSR count). The number of hydrogen-bond donors (Lipinski definition) is 2. The number of anilines is 1. The summed E-state index contributed by atoms with van der Waals surface area (Å²) in [5, 5.41) is 10.1. The Morgan fingerprint density at radius 3 is 2.79 bits per heavy atom. The number of aryl methyl sites for hydroxylation is 1. The summed E-state index contributed by atoms with van der Waals surface area (Å²) in [7, 11) is 0. The van der Waals surface area contributed by atoms with Gasteiger partial charge >= 0.3 is 0 Å². The molecule has 0 unspecified atom stereocenters. The molecule has 2 heterocycles. The van der Waals surface area contributed by atoms with Gasteiger partial charge in [-0.05, 0) is 42.0 Å². The molecule has 0 atom stereocenters. The van der Waals surface area contributed by atoms with Gasteiger partial charge in [0.2, 0.25) is 5.91 Å². The van der Waals surface area contributed by atoms with E-state index in [1.165, 1.54) is 0 Å². The monoisotopic (exact) mass is 318 g/mol. The summed E-state index contributed by atoms with van der Waals surface area (Å²) >= 11 is 0. The Kier molecular flexibility index (Phi) is 3.83. The van der Waals surface area contributed by atoms with Crippen molar-refractivity contribution in [1.82, 2.24) is 15.2 Å². The summed E-state index contributed by atoms with van der Waals surface area (Å²) in [6.07, 6.45) is 7.07. The fraction of sp³-hybridized carbons (Fsp3) is 0.211. The lowest BCUT2D eigenvalue weighted by molar-refractivity contribution is -0.115. The minimum Gasteiger partial charge on any atom is -0.309 e. The van der Waals surface area contributed by atoms with E-state index in [2.05, 4.69) is 20.5 Å². The zero-order valence-electron chi connectivity index (χ0n) is 13.2. The number of rotatable bonds is 4. The molecule has 0 bridgehead atoms. The number of nitrogens with one attached hydrogen (secondary N) is 2. The molecular weight excluding hydrogens is 300 g/mol. The zero-order chi connectivity index (χ0) is 16.4. The fourth-order valence-electron chi connectivity index (χ4n) is 3.13.